The number of ether oxygens (including phenoxy) is 5. The number of hydrogen-bond donors (Lipinski definition) is 4. The van der Waals surface area contributed by atoms with E-state index in [4.69, 9.17) is 72.6 Å². The minimum atomic E-state index is -2.07. The molecule has 0 aromatic carbocycles. The largest absolute Gasteiger partial charge is 0.448 e. The maximum atomic E-state index is 12.9. The van der Waals surface area contributed by atoms with Crippen LogP contribution in [0.25, 0.3) is 0 Å². The summed E-state index contributed by atoms with van der Waals surface area (Å²) in [5.74, 6) is -1.03. The highest BCUT2D eigenvalue weighted by Crippen LogP contribution is 2.58. The predicted octanol–water partition coefficient (Wildman–Crippen LogP) is 2.78. The average molecular weight is 967 g/mol. The number of carbonyl (C=O) groups excluding carboxylic acids is 1. The Balaban J connectivity index is 1.68. The van der Waals surface area contributed by atoms with Gasteiger partial charge in [-0.2, -0.15) is 0 Å². The minimum Gasteiger partial charge on any atom is -0.448 e. The second-order valence-corrected chi connectivity index (χ2v) is 22.9. The Morgan fingerprint density at radius 2 is 0.811 bits per heavy atom. The van der Waals surface area contributed by atoms with Crippen LogP contribution in [0.3, 0.4) is 0 Å². The molecule has 0 radical (unpaired) electrons. The van der Waals surface area contributed by atoms with Gasteiger partial charge in [0.15, 0.2) is 5.44 Å². The summed E-state index contributed by atoms with van der Waals surface area (Å²) in [6, 6.07) is 0. The molecule has 302 valence electrons. The van der Waals surface area contributed by atoms with Crippen molar-refractivity contribution in [1.29, 1.82) is 0 Å². The van der Waals surface area contributed by atoms with Crippen molar-refractivity contribution in [1.82, 2.24) is 19.6 Å². The molecular formula is C27H42N4O10S12. The SMILES string of the molecule is O=C(CO)OC(SSC(=S)N1CCOCC1)C(C(O)SSC(=S)N1CCOCC1)(C(O)SSC(=S)N1CCOCC1)C(O)SSC(=S)N1CCOCC1. The second-order valence-electron chi connectivity index (χ2n) is 11.2. The quantitative estimate of drug-likeness (QED) is 0.0872. The van der Waals surface area contributed by atoms with Crippen LogP contribution in [0.5, 0.6) is 0 Å². The van der Waals surface area contributed by atoms with E-state index in [1.54, 1.807) is 0 Å². The Bertz CT molecular complexity index is 1120. The number of aliphatic hydroxyl groups is 4. The summed E-state index contributed by atoms with van der Waals surface area (Å²) < 4.78 is 29.6. The van der Waals surface area contributed by atoms with Gasteiger partial charge in [0, 0.05) is 52.4 Å². The first-order valence-corrected chi connectivity index (χ1v) is 26.7. The molecule has 4 saturated heterocycles. The van der Waals surface area contributed by atoms with Crippen molar-refractivity contribution in [2.45, 2.75) is 21.7 Å². The standard InChI is InChI=1S/C27H42N4O10S12/c32-17-18(33)41-22(49-53-26(45)31-7-15-40-16-8-31)27(19(34)46-50-23(42)28-1-9-37-10-2-28,20(35)47-51-24(43)29-3-11-38-12-4-29)21(36)48-52-25(44)30-5-13-39-14-6-30/h19-22,32,34-36H,1-17H2. The summed E-state index contributed by atoms with van der Waals surface area (Å²) in [6.07, 6.45) is 0. The smallest absolute Gasteiger partial charge is 0.332 e. The average Bonchev–Trinajstić information content (AvgIpc) is 3.21. The summed E-state index contributed by atoms with van der Waals surface area (Å²) >= 11 is 22.9. The number of hydrogen-bond acceptors (Lipinski definition) is 22. The first-order chi connectivity index (χ1) is 25.6. The lowest BCUT2D eigenvalue weighted by Gasteiger charge is -2.47. The van der Waals surface area contributed by atoms with E-state index < -0.39 is 39.7 Å². The summed E-state index contributed by atoms with van der Waals surface area (Å²) in [4.78, 5) is 20.7. The van der Waals surface area contributed by atoms with Crippen LogP contribution in [0.15, 0.2) is 0 Å². The van der Waals surface area contributed by atoms with E-state index in [0.29, 0.717) is 122 Å². The maximum absolute atomic E-state index is 12.9. The fourth-order valence-electron chi connectivity index (χ4n) is 4.87. The summed E-state index contributed by atoms with van der Waals surface area (Å²) in [6.45, 7) is 7.49. The molecule has 4 aliphatic heterocycles. The van der Waals surface area contributed by atoms with Crippen molar-refractivity contribution in [2.24, 2.45) is 5.41 Å². The van der Waals surface area contributed by atoms with Crippen LogP contribution in [0.1, 0.15) is 0 Å². The van der Waals surface area contributed by atoms with Gasteiger partial charge in [-0.05, 0) is 54.0 Å². The van der Waals surface area contributed by atoms with E-state index in [9.17, 15) is 25.2 Å². The van der Waals surface area contributed by atoms with Gasteiger partial charge in [-0.3, -0.25) is 0 Å². The highest BCUT2D eigenvalue weighted by Gasteiger charge is 2.60. The molecule has 0 aliphatic carbocycles. The first kappa shape index (κ1) is 47.2. The summed E-state index contributed by atoms with van der Waals surface area (Å²) in [7, 11) is 8.12. The molecular weight excluding hydrogens is 925 g/mol. The van der Waals surface area contributed by atoms with Crippen molar-refractivity contribution in [3.8, 4) is 0 Å². The summed E-state index contributed by atoms with van der Waals surface area (Å²) in [5.41, 5.74) is -8.45. The minimum absolute atomic E-state index is 0.456. The Morgan fingerprint density at radius 1 is 0.547 bits per heavy atom. The van der Waals surface area contributed by atoms with Gasteiger partial charge in [-0.25, -0.2) is 4.79 Å². The zero-order valence-corrected chi connectivity index (χ0v) is 38.1. The van der Waals surface area contributed by atoms with E-state index in [0.717, 1.165) is 86.4 Å². The first-order valence-electron chi connectivity index (χ1n) is 16.2. The van der Waals surface area contributed by atoms with Crippen molar-refractivity contribution >= 4 is 158 Å². The monoisotopic (exact) mass is 966 g/mol. The molecule has 0 aromatic rings. The third-order valence-electron chi connectivity index (χ3n) is 7.97. The zero-order valence-electron chi connectivity index (χ0n) is 28.3. The number of rotatable bonds is 14. The zero-order chi connectivity index (χ0) is 38.2. The highest BCUT2D eigenvalue weighted by molar-refractivity contribution is 8.85. The molecule has 26 heteroatoms. The lowest BCUT2D eigenvalue weighted by atomic mass is 9.90. The molecule has 0 saturated carbocycles. The molecule has 53 heavy (non-hydrogen) atoms. The Kier molecular flexibility index (Phi) is 22.4. The molecule has 4 unspecified atom stereocenters. The Hall–Kier alpha value is 1.51. The second kappa shape index (κ2) is 25.2. The number of carbonyl (C=O) groups is 1. The van der Waals surface area contributed by atoms with Gasteiger partial charge in [-0.15, -0.1) is 0 Å². The molecule has 4 heterocycles. The van der Waals surface area contributed by atoms with Gasteiger partial charge < -0.3 is 63.7 Å². The molecule has 0 bridgehead atoms. The molecule has 4 fully saturated rings. The van der Waals surface area contributed by atoms with Gasteiger partial charge in [0.2, 0.25) is 0 Å². The van der Waals surface area contributed by atoms with Gasteiger partial charge in [-0.1, -0.05) is 81.3 Å². The van der Waals surface area contributed by atoms with Crippen LogP contribution in [0, 0.1) is 5.41 Å². The van der Waals surface area contributed by atoms with E-state index in [1.807, 2.05) is 19.6 Å². The summed E-state index contributed by atoms with van der Waals surface area (Å²) in [5, 5.41) is 46.9. The van der Waals surface area contributed by atoms with Crippen LogP contribution in [-0.4, -0.2) is 197 Å². The fraction of sp³-hybridized carbons (Fsp3) is 0.815. The highest BCUT2D eigenvalue weighted by atomic mass is 33.1. The van der Waals surface area contributed by atoms with Gasteiger partial charge >= 0.3 is 5.97 Å². The predicted molar refractivity (Wildman–Crippen MR) is 238 cm³/mol. The van der Waals surface area contributed by atoms with Crippen molar-refractivity contribution < 1.29 is 48.9 Å². The Labute approximate surface area is 362 Å². The number of esters is 1. The lowest BCUT2D eigenvalue weighted by molar-refractivity contribution is -0.162. The fourth-order valence-corrected chi connectivity index (χ4v) is 17.2. The topological polar surface area (TPSA) is 157 Å². The van der Waals surface area contributed by atoms with E-state index in [-0.39, 0.29) is 0 Å². The number of aliphatic hydroxyl groups excluding tert-OH is 4. The third-order valence-corrected chi connectivity index (χ3v) is 20.9. The van der Waals surface area contributed by atoms with E-state index in [1.165, 1.54) is 0 Å². The van der Waals surface area contributed by atoms with E-state index >= 15 is 0 Å². The number of thiocarbonyl (C=S) groups is 4. The van der Waals surface area contributed by atoms with Crippen molar-refractivity contribution in [2.75, 3.05) is 112 Å². The number of nitrogens with zero attached hydrogens (tertiary/aromatic N) is 4. The molecule has 0 aromatic heterocycles. The van der Waals surface area contributed by atoms with Crippen LogP contribution in [0.2, 0.25) is 0 Å². The van der Waals surface area contributed by atoms with Gasteiger partial charge in [0.1, 0.15) is 45.6 Å². The lowest BCUT2D eigenvalue weighted by Crippen LogP contribution is -2.57. The number of morpholine rings is 4. The molecule has 4 atom stereocenters. The molecule has 14 nitrogen and oxygen atoms in total. The van der Waals surface area contributed by atoms with Crippen LogP contribution in [-0.2, 0) is 28.5 Å². The normalized spacial score (nSPS) is 22.0. The van der Waals surface area contributed by atoms with Crippen LogP contribution < -0.4 is 0 Å². The maximum Gasteiger partial charge on any atom is 0.332 e. The van der Waals surface area contributed by atoms with Crippen LogP contribution >= 0.6 is 135 Å². The molecule has 0 spiro atoms. The van der Waals surface area contributed by atoms with Gasteiger partial charge in [0.05, 0.1) is 52.9 Å². The van der Waals surface area contributed by atoms with Gasteiger partial charge in [0.25, 0.3) is 0 Å². The molecule has 4 rings (SSSR count). The molecule has 4 aliphatic rings. The van der Waals surface area contributed by atoms with Crippen molar-refractivity contribution in [3.63, 3.8) is 0 Å². The third kappa shape index (κ3) is 14.3. The van der Waals surface area contributed by atoms with Crippen LogP contribution in [0.4, 0.5) is 0 Å². The van der Waals surface area contributed by atoms with E-state index in [2.05, 4.69) is 0 Å². The molecule has 0 amide bonds. The molecule has 4 N–H and O–H groups in total. The van der Waals surface area contributed by atoms with Crippen molar-refractivity contribution in [3.05, 3.63) is 0 Å². The Morgan fingerprint density at radius 3 is 1.08 bits per heavy atom.